The molecule has 0 aliphatic rings. The molecule has 6 heteroatoms. The summed E-state index contributed by atoms with van der Waals surface area (Å²) in [4.78, 5) is 21.9. The fraction of sp³-hybridized carbons (Fsp3) is 0.211. The molecule has 0 spiro atoms. The summed E-state index contributed by atoms with van der Waals surface area (Å²) in [5.41, 5.74) is 1.86. The van der Waals surface area contributed by atoms with Gasteiger partial charge in [0, 0.05) is 24.0 Å². The number of carbonyl (C=O) groups is 1. The zero-order valence-electron chi connectivity index (χ0n) is 13.9. The Kier molecular flexibility index (Phi) is 5.74. The quantitative estimate of drug-likeness (QED) is 0.708. The molecular weight excluding hydrogens is 334 g/mol. The third kappa shape index (κ3) is 4.87. The lowest BCUT2D eigenvalue weighted by Gasteiger charge is -2.07. The van der Waals surface area contributed by atoms with E-state index in [1.807, 2.05) is 55.5 Å². The first kappa shape index (κ1) is 17.1. The number of thiazole rings is 1. The highest BCUT2D eigenvalue weighted by Crippen LogP contribution is 2.26. The molecule has 1 aromatic carbocycles. The standard InChI is InChI=1S/C19H19N3O2S/c1-14-17(25-19(22-14)16-9-5-6-11-20-16)10-12-21-18(23)13-24-15-7-3-2-4-8-15/h2-9,11H,10,12-13H2,1H3,(H,21,23). The van der Waals surface area contributed by atoms with Gasteiger partial charge in [0.15, 0.2) is 6.61 Å². The lowest BCUT2D eigenvalue weighted by atomic mass is 10.3. The van der Waals surface area contributed by atoms with Gasteiger partial charge in [-0.1, -0.05) is 24.3 Å². The number of aryl methyl sites for hydroxylation is 1. The molecule has 0 radical (unpaired) electrons. The van der Waals surface area contributed by atoms with Crippen molar-refractivity contribution in [1.29, 1.82) is 0 Å². The van der Waals surface area contributed by atoms with Gasteiger partial charge in [0.2, 0.25) is 0 Å². The number of aromatic nitrogens is 2. The minimum Gasteiger partial charge on any atom is -0.484 e. The molecule has 25 heavy (non-hydrogen) atoms. The molecule has 5 nitrogen and oxygen atoms in total. The molecule has 128 valence electrons. The Morgan fingerprint density at radius 2 is 1.96 bits per heavy atom. The Hall–Kier alpha value is -2.73. The summed E-state index contributed by atoms with van der Waals surface area (Å²) in [5, 5.41) is 3.79. The molecule has 0 atom stereocenters. The van der Waals surface area contributed by atoms with Crippen LogP contribution < -0.4 is 10.1 Å². The highest BCUT2D eigenvalue weighted by molar-refractivity contribution is 7.15. The summed E-state index contributed by atoms with van der Waals surface area (Å²) in [7, 11) is 0. The van der Waals surface area contributed by atoms with Crippen LogP contribution in [-0.4, -0.2) is 29.0 Å². The van der Waals surface area contributed by atoms with E-state index >= 15 is 0 Å². The van der Waals surface area contributed by atoms with Gasteiger partial charge in [-0.2, -0.15) is 0 Å². The Bertz CT molecular complexity index is 819. The van der Waals surface area contributed by atoms with Crippen LogP contribution in [0.1, 0.15) is 10.6 Å². The summed E-state index contributed by atoms with van der Waals surface area (Å²) in [6, 6.07) is 15.1. The van der Waals surface area contributed by atoms with E-state index in [0.29, 0.717) is 12.3 Å². The first-order chi connectivity index (χ1) is 12.2. The molecule has 1 amide bonds. The first-order valence-electron chi connectivity index (χ1n) is 8.04. The number of para-hydroxylation sites is 1. The molecular formula is C19H19N3O2S. The van der Waals surface area contributed by atoms with Crippen LogP contribution in [0.4, 0.5) is 0 Å². The zero-order valence-corrected chi connectivity index (χ0v) is 14.8. The van der Waals surface area contributed by atoms with Gasteiger partial charge in [-0.25, -0.2) is 4.98 Å². The molecule has 2 aromatic heterocycles. The van der Waals surface area contributed by atoms with Gasteiger partial charge >= 0.3 is 0 Å². The van der Waals surface area contributed by atoms with Crippen LogP contribution in [0.2, 0.25) is 0 Å². The minimum absolute atomic E-state index is 0.0187. The maximum Gasteiger partial charge on any atom is 0.257 e. The molecule has 2 heterocycles. The zero-order chi connectivity index (χ0) is 17.5. The van der Waals surface area contributed by atoms with Crippen molar-refractivity contribution >= 4 is 17.2 Å². The second kappa shape index (κ2) is 8.39. The number of rotatable bonds is 7. The maximum absolute atomic E-state index is 11.9. The number of amides is 1. The van der Waals surface area contributed by atoms with Gasteiger partial charge < -0.3 is 10.1 Å². The van der Waals surface area contributed by atoms with Crippen molar-refractivity contribution in [2.75, 3.05) is 13.2 Å². The van der Waals surface area contributed by atoms with E-state index in [1.165, 1.54) is 0 Å². The second-order valence-corrected chi connectivity index (χ2v) is 6.53. The average Bonchev–Trinajstić information content (AvgIpc) is 3.02. The molecule has 0 unspecified atom stereocenters. The Morgan fingerprint density at radius 1 is 1.16 bits per heavy atom. The molecule has 0 saturated carbocycles. The number of hydrogen-bond acceptors (Lipinski definition) is 5. The van der Waals surface area contributed by atoms with Crippen LogP contribution in [0.25, 0.3) is 10.7 Å². The van der Waals surface area contributed by atoms with Crippen LogP contribution in [0, 0.1) is 6.92 Å². The van der Waals surface area contributed by atoms with Crippen LogP contribution in [0.5, 0.6) is 5.75 Å². The molecule has 0 aliphatic heterocycles. The van der Waals surface area contributed by atoms with E-state index in [2.05, 4.69) is 15.3 Å². The molecule has 0 saturated heterocycles. The minimum atomic E-state index is -0.129. The number of carbonyl (C=O) groups excluding carboxylic acids is 1. The fourth-order valence-electron chi connectivity index (χ4n) is 2.29. The molecule has 0 fully saturated rings. The Labute approximate surface area is 150 Å². The summed E-state index contributed by atoms with van der Waals surface area (Å²) < 4.78 is 5.43. The number of nitrogens with one attached hydrogen (secondary N) is 1. The van der Waals surface area contributed by atoms with Crippen LogP contribution in [0.3, 0.4) is 0 Å². The van der Waals surface area contributed by atoms with Gasteiger partial charge in [0.25, 0.3) is 5.91 Å². The van der Waals surface area contributed by atoms with Crippen molar-refractivity contribution in [2.24, 2.45) is 0 Å². The normalized spacial score (nSPS) is 10.4. The topological polar surface area (TPSA) is 64.1 Å². The van der Waals surface area contributed by atoms with Gasteiger partial charge in [-0.3, -0.25) is 9.78 Å². The summed E-state index contributed by atoms with van der Waals surface area (Å²) >= 11 is 1.62. The van der Waals surface area contributed by atoms with Gasteiger partial charge in [-0.05, 0) is 31.2 Å². The monoisotopic (exact) mass is 353 g/mol. The van der Waals surface area contributed by atoms with Gasteiger partial charge in [0.1, 0.15) is 10.8 Å². The molecule has 0 aliphatic carbocycles. The van der Waals surface area contributed by atoms with E-state index in [-0.39, 0.29) is 12.5 Å². The SMILES string of the molecule is Cc1nc(-c2ccccn2)sc1CCNC(=O)COc1ccccc1. The van der Waals surface area contributed by atoms with Gasteiger partial charge in [0.05, 0.1) is 11.4 Å². The summed E-state index contributed by atoms with van der Waals surface area (Å²) in [6.45, 7) is 2.56. The largest absolute Gasteiger partial charge is 0.484 e. The van der Waals surface area contributed by atoms with E-state index in [0.717, 1.165) is 27.7 Å². The molecule has 0 bridgehead atoms. The predicted octanol–water partition coefficient (Wildman–Crippen LogP) is 3.25. The lowest BCUT2D eigenvalue weighted by molar-refractivity contribution is -0.123. The van der Waals surface area contributed by atoms with Crippen LogP contribution >= 0.6 is 11.3 Å². The highest BCUT2D eigenvalue weighted by Gasteiger charge is 2.10. The van der Waals surface area contributed by atoms with Gasteiger partial charge in [-0.15, -0.1) is 11.3 Å². The highest BCUT2D eigenvalue weighted by atomic mass is 32.1. The van der Waals surface area contributed by atoms with E-state index in [1.54, 1.807) is 17.5 Å². The number of nitrogens with zero attached hydrogens (tertiary/aromatic N) is 2. The van der Waals surface area contributed by atoms with Crippen molar-refractivity contribution in [1.82, 2.24) is 15.3 Å². The lowest BCUT2D eigenvalue weighted by Crippen LogP contribution is -2.30. The van der Waals surface area contributed by atoms with Crippen LogP contribution in [0.15, 0.2) is 54.7 Å². The first-order valence-corrected chi connectivity index (χ1v) is 8.86. The van der Waals surface area contributed by atoms with Crippen molar-refractivity contribution in [3.05, 3.63) is 65.3 Å². The maximum atomic E-state index is 11.9. The van der Waals surface area contributed by atoms with E-state index in [4.69, 9.17) is 4.74 Å². The van der Waals surface area contributed by atoms with Crippen molar-refractivity contribution < 1.29 is 9.53 Å². The summed E-state index contributed by atoms with van der Waals surface area (Å²) in [6.07, 6.45) is 2.51. The number of ether oxygens (including phenoxy) is 1. The number of pyridine rings is 1. The number of benzene rings is 1. The van der Waals surface area contributed by atoms with Crippen molar-refractivity contribution in [3.8, 4) is 16.5 Å². The Morgan fingerprint density at radius 3 is 2.72 bits per heavy atom. The fourth-order valence-corrected chi connectivity index (χ4v) is 3.33. The van der Waals surface area contributed by atoms with Crippen molar-refractivity contribution in [2.45, 2.75) is 13.3 Å². The third-order valence-corrected chi connectivity index (χ3v) is 4.80. The van der Waals surface area contributed by atoms with E-state index < -0.39 is 0 Å². The number of hydrogen-bond donors (Lipinski definition) is 1. The second-order valence-electron chi connectivity index (χ2n) is 5.44. The molecule has 1 N–H and O–H groups in total. The third-order valence-electron chi connectivity index (χ3n) is 3.56. The smallest absolute Gasteiger partial charge is 0.257 e. The molecule has 3 aromatic rings. The average molecular weight is 353 g/mol. The molecule has 3 rings (SSSR count). The predicted molar refractivity (Wildman–Crippen MR) is 98.7 cm³/mol. The van der Waals surface area contributed by atoms with Crippen molar-refractivity contribution in [3.63, 3.8) is 0 Å². The van der Waals surface area contributed by atoms with Crippen LogP contribution in [-0.2, 0) is 11.2 Å². The Balaban J connectivity index is 1.47. The summed E-state index contributed by atoms with van der Waals surface area (Å²) in [5.74, 6) is 0.562. The van der Waals surface area contributed by atoms with E-state index in [9.17, 15) is 4.79 Å².